The first-order valence-electron chi connectivity index (χ1n) is 10.1. The van der Waals surface area contributed by atoms with Gasteiger partial charge in [-0.1, -0.05) is 64.3 Å². The highest BCUT2D eigenvalue weighted by molar-refractivity contribution is 9.10. The zero-order valence-corrected chi connectivity index (χ0v) is 21.7. The van der Waals surface area contributed by atoms with Crippen LogP contribution in [0.5, 0.6) is 0 Å². The molecule has 1 N–H and O–H groups in total. The van der Waals surface area contributed by atoms with Crippen molar-refractivity contribution in [1.82, 2.24) is 10.2 Å². The Bertz CT molecular complexity index is 875. The highest BCUT2D eigenvalue weighted by atomic mass is 79.9. The number of nitrogens with one attached hydrogen (secondary N) is 1. The molecule has 0 aromatic heterocycles. The quantitative estimate of drug-likeness (QED) is 0.380. The lowest BCUT2D eigenvalue weighted by Crippen LogP contribution is -2.50. The van der Waals surface area contributed by atoms with Crippen molar-refractivity contribution in [1.29, 1.82) is 0 Å². The molecule has 0 aliphatic carbocycles. The molecular formula is C23H27BrCl2N2O2S. The van der Waals surface area contributed by atoms with Crippen LogP contribution in [0.4, 0.5) is 0 Å². The number of thioether (sulfide) groups is 1. The molecule has 2 amide bonds. The standard InChI is InChI=1S/C23H27BrCl2N2O2S/c1-4-15(2)27-23(30)16(3)28(12-19-20(25)6-5-7-21(19)26)22(29)14-31-13-17-8-10-18(24)11-9-17/h5-11,15-16H,4,12-14H2,1-3H3,(H,27,30)/t15-,16+/m0/s1. The van der Waals surface area contributed by atoms with Crippen molar-refractivity contribution in [3.8, 4) is 0 Å². The average Bonchev–Trinajstić information content (AvgIpc) is 2.74. The Morgan fingerprint density at radius 1 is 1.10 bits per heavy atom. The van der Waals surface area contributed by atoms with E-state index in [1.807, 2.05) is 38.1 Å². The molecule has 0 aliphatic rings. The van der Waals surface area contributed by atoms with E-state index in [-0.39, 0.29) is 30.2 Å². The van der Waals surface area contributed by atoms with Crippen molar-refractivity contribution in [3.05, 3.63) is 68.1 Å². The fourth-order valence-electron chi connectivity index (χ4n) is 2.82. The molecule has 0 spiro atoms. The third kappa shape index (κ3) is 8.01. The summed E-state index contributed by atoms with van der Waals surface area (Å²) in [5, 5.41) is 3.91. The lowest BCUT2D eigenvalue weighted by Gasteiger charge is -2.30. The summed E-state index contributed by atoms with van der Waals surface area (Å²) in [7, 11) is 0. The van der Waals surface area contributed by atoms with Crippen LogP contribution in [0.2, 0.25) is 10.0 Å². The number of carbonyl (C=O) groups excluding carboxylic acids is 2. The summed E-state index contributed by atoms with van der Waals surface area (Å²) >= 11 is 17.6. The number of halogens is 3. The molecule has 8 heteroatoms. The Morgan fingerprint density at radius 3 is 2.29 bits per heavy atom. The smallest absolute Gasteiger partial charge is 0.242 e. The predicted octanol–water partition coefficient (Wildman–Crippen LogP) is 6.32. The summed E-state index contributed by atoms with van der Waals surface area (Å²) in [6.45, 7) is 5.85. The van der Waals surface area contributed by atoms with Crippen LogP contribution >= 0.6 is 50.9 Å². The number of benzene rings is 2. The van der Waals surface area contributed by atoms with Crippen molar-refractivity contribution >= 4 is 62.7 Å². The lowest BCUT2D eigenvalue weighted by molar-refractivity contribution is -0.138. The number of amides is 2. The van der Waals surface area contributed by atoms with E-state index < -0.39 is 6.04 Å². The summed E-state index contributed by atoms with van der Waals surface area (Å²) < 4.78 is 1.02. The number of nitrogens with zero attached hydrogens (tertiary/aromatic N) is 1. The fraction of sp³-hybridized carbons (Fsp3) is 0.391. The predicted molar refractivity (Wildman–Crippen MR) is 135 cm³/mol. The van der Waals surface area contributed by atoms with Gasteiger partial charge in [0.2, 0.25) is 11.8 Å². The number of carbonyl (C=O) groups is 2. The molecule has 0 radical (unpaired) electrons. The Morgan fingerprint density at radius 2 is 1.71 bits per heavy atom. The van der Waals surface area contributed by atoms with Crippen LogP contribution in [0.25, 0.3) is 0 Å². The van der Waals surface area contributed by atoms with E-state index >= 15 is 0 Å². The Hall–Kier alpha value is -1.21. The molecule has 0 heterocycles. The normalized spacial score (nSPS) is 12.8. The molecule has 0 saturated heterocycles. The molecular weight excluding hydrogens is 519 g/mol. The van der Waals surface area contributed by atoms with Crippen LogP contribution in [-0.4, -0.2) is 34.6 Å². The zero-order valence-electron chi connectivity index (χ0n) is 17.8. The minimum absolute atomic E-state index is 0.0302. The van der Waals surface area contributed by atoms with E-state index in [2.05, 4.69) is 21.2 Å². The van der Waals surface area contributed by atoms with E-state index in [0.29, 0.717) is 21.4 Å². The van der Waals surface area contributed by atoms with Crippen LogP contribution in [-0.2, 0) is 21.9 Å². The molecule has 2 aromatic rings. The second kappa shape index (κ2) is 12.7. The Kier molecular flexibility index (Phi) is 10.7. The second-order valence-corrected chi connectivity index (χ2v) is 10.1. The topological polar surface area (TPSA) is 49.4 Å². The molecule has 0 bridgehead atoms. The molecule has 2 rings (SSSR count). The van der Waals surface area contributed by atoms with Crippen molar-refractivity contribution in [3.63, 3.8) is 0 Å². The molecule has 4 nitrogen and oxygen atoms in total. The van der Waals surface area contributed by atoms with Crippen LogP contribution < -0.4 is 5.32 Å². The van der Waals surface area contributed by atoms with Gasteiger partial charge in [-0.05, 0) is 50.1 Å². The monoisotopic (exact) mass is 544 g/mol. The van der Waals surface area contributed by atoms with Crippen molar-refractivity contribution in [2.75, 3.05) is 5.75 Å². The van der Waals surface area contributed by atoms with Gasteiger partial charge < -0.3 is 10.2 Å². The van der Waals surface area contributed by atoms with Crippen LogP contribution in [0.3, 0.4) is 0 Å². The van der Waals surface area contributed by atoms with Gasteiger partial charge in [0, 0.05) is 38.4 Å². The molecule has 2 atom stereocenters. The van der Waals surface area contributed by atoms with Gasteiger partial charge in [-0.3, -0.25) is 9.59 Å². The maximum atomic E-state index is 13.1. The average molecular weight is 546 g/mol. The zero-order chi connectivity index (χ0) is 23.0. The molecule has 0 saturated carbocycles. The maximum Gasteiger partial charge on any atom is 0.242 e. The summed E-state index contributed by atoms with van der Waals surface area (Å²) in [5.41, 5.74) is 1.77. The summed E-state index contributed by atoms with van der Waals surface area (Å²) in [4.78, 5) is 27.5. The third-order valence-electron chi connectivity index (χ3n) is 4.97. The number of rotatable bonds is 10. The van der Waals surface area contributed by atoms with E-state index in [9.17, 15) is 9.59 Å². The Balaban J connectivity index is 2.14. The molecule has 31 heavy (non-hydrogen) atoms. The highest BCUT2D eigenvalue weighted by Crippen LogP contribution is 2.27. The van der Waals surface area contributed by atoms with Crippen LogP contribution in [0, 0.1) is 0 Å². The lowest BCUT2D eigenvalue weighted by atomic mass is 10.1. The number of hydrogen-bond donors (Lipinski definition) is 1. The van der Waals surface area contributed by atoms with Crippen molar-refractivity contribution < 1.29 is 9.59 Å². The molecule has 0 unspecified atom stereocenters. The SMILES string of the molecule is CC[C@H](C)NC(=O)[C@@H](C)N(Cc1c(Cl)cccc1Cl)C(=O)CSCc1ccc(Br)cc1. The highest BCUT2D eigenvalue weighted by Gasteiger charge is 2.27. The summed E-state index contributed by atoms with van der Waals surface area (Å²) in [5.74, 6) is 0.625. The summed E-state index contributed by atoms with van der Waals surface area (Å²) in [6.07, 6.45) is 0.811. The van der Waals surface area contributed by atoms with Crippen molar-refractivity contribution in [2.45, 2.75) is 51.6 Å². The van der Waals surface area contributed by atoms with Gasteiger partial charge in [0.15, 0.2) is 0 Å². The largest absolute Gasteiger partial charge is 0.352 e. The first-order valence-corrected chi connectivity index (χ1v) is 12.8. The van der Waals surface area contributed by atoms with Gasteiger partial charge in [-0.2, -0.15) is 0 Å². The third-order valence-corrected chi connectivity index (χ3v) is 7.19. The fourth-order valence-corrected chi connectivity index (χ4v) is 4.47. The minimum Gasteiger partial charge on any atom is -0.352 e. The van der Waals surface area contributed by atoms with Gasteiger partial charge >= 0.3 is 0 Å². The molecule has 0 aliphatic heterocycles. The van der Waals surface area contributed by atoms with Gasteiger partial charge in [-0.15, -0.1) is 11.8 Å². The van der Waals surface area contributed by atoms with E-state index in [1.165, 1.54) is 11.8 Å². The first-order chi connectivity index (χ1) is 14.7. The van der Waals surface area contributed by atoms with E-state index in [4.69, 9.17) is 23.2 Å². The van der Waals surface area contributed by atoms with Crippen molar-refractivity contribution in [2.24, 2.45) is 0 Å². The second-order valence-electron chi connectivity index (χ2n) is 7.33. The van der Waals surface area contributed by atoms with Crippen LogP contribution in [0.15, 0.2) is 46.9 Å². The first kappa shape index (κ1) is 26.0. The van der Waals surface area contributed by atoms with E-state index in [1.54, 1.807) is 30.0 Å². The van der Waals surface area contributed by atoms with Gasteiger partial charge in [-0.25, -0.2) is 0 Å². The van der Waals surface area contributed by atoms with Gasteiger partial charge in [0.05, 0.1) is 5.75 Å². The number of hydrogen-bond acceptors (Lipinski definition) is 3. The van der Waals surface area contributed by atoms with Gasteiger partial charge in [0.25, 0.3) is 0 Å². The molecule has 2 aromatic carbocycles. The maximum absolute atomic E-state index is 13.1. The van der Waals surface area contributed by atoms with Crippen LogP contribution in [0.1, 0.15) is 38.3 Å². The summed E-state index contributed by atoms with van der Waals surface area (Å²) in [6, 6.07) is 12.6. The molecule has 168 valence electrons. The minimum atomic E-state index is -0.651. The van der Waals surface area contributed by atoms with Gasteiger partial charge in [0.1, 0.15) is 6.04 Å². The molecule has 0 fully saturated rings. The van der Waals surface area contributed by atoms with E-state index in [0.717, 1.165) is 16.5 Å². The Labute approximate surface area is 207 Å².